The lowest BCUT2D eigenvalue weighted by molar-refractivity contribution is 0.419. The van der Waals surface area contributed by atoms with Crippen LogP contribution in [-0.4, -0.2) is 13.3 Å². The Morgan fingerprint density at radius 2 is 2.18 bits per heavy atom. The molecular weight excluding hydrogens is 210 g/mol. The summed E-state index contributed by atoms with van der Waals surface area (Å²) >= 11 is 0. The summed E-state index contributed by atoms with van der Waals surface area (Å²) in [5, 5.41) is 0. The molecule has 2 rings (SSSR count). The highest BCUT2D eigenvalue weighted by Crippen LogP contribution is 2.39. The molecule has 0 unspecified atom stereocenters. The summed E-state index contributed by atoms with van der Waals surface area (Å²) in [6.45, 7) is 0. The molecule has 0 radical (unpaired) electrons. The lowest BCUT2D eigenvalue weighted by Gasteiger charge is -2.28. The third-order valence-corrected chi connectivity index (χ3v) is 3.34. The molecule has 0 aliphatic heterocycles. The molecule has 90 valence electrons. The first kappa shape index (κ1) is 11.7. The monoisotopic (exact) mass is 229 g/mol. The first-order valence-electron chi connectivity index (χ1n) is 6.00. The molecule has 0 saturated heterocycles. The molecule has 0 spiro atoms. The highest BCUT2D eigenvalue weighted by Gasteiger charge is 2.22. The van der Waals surface area contributed by atoms with Gasteiger partial charge in [0.1, 0.15) is 0 Å². The zero-order valence-corrected chi connectivity index (χ0v) is 10.2. The van der Waals surface area contributed by atoms with Crippen LogP contribution in [0.2, 0.25) is 0 Å². The SMILES string of the molecule is CN=C/C=C(\N)c1cc(N)ccc1C1CCC1. The average molecular weight is 229 g/mol. The largest absolute Gasteiger partial charge is 0.399 e. The quantitative estimate of drug-likeness (QED) is 0.618. The van der Waals surface area contributed by atoms with Crippen molar-refractivity contribution in [2.75, 3.05) is 12.8 Å². The number of nitrogens with zero attached hydrogens (tertiary/aromatic N) is 1. The van der Waals surface area contributed by atoms with Crippen molar-refractivity contribution in [2.45, 2.75) is 25.2 Å². The van der Waals surface area contributed by atoms with Crippen molar-refractivity contribution in [3.63, 3.8) is 0 Å². The van der Waals surface area contributed by atoms with Gasteiger partial charge < -0.3 is 11.5 Å². The fraction of sp³-hybridized carbons (Fsp3) is 0.357. The predicted molar refractivity (Wildman–Crippen MR) is 74.0 cm³/mol. The zero-order chi connectivity index (χ0) is 12.3. The normalized spacial score (nSPS) is 17.4. The van der Waals surface area contributed by atoms with E-state index >= 15 is 0 Å². The van der Waals surface area contributed by atoms with Crippen molar-refractivity contribution in [2.24, 2.45) is 10.7 Å². The predicted octanol–water partition coefficient (Wildman–Crippen LogP) is 2.54. The van der Waals surface area contributed by atoms with E-state index in [-0.39, 0.29) is 0 Å². The number of allylic oxidation sites excluding steroid dienone is 1. The maximum atomic E-state index is 6.08. The molecule has 1 aromatic carbocycles. The number of rotatable bonds is 3. The van der Waals surface area contributed by atoms with Crippen LogP contribution in [0.3, 0.4) is 0 Å². The second-order valence-electron chi connectivity index (χ2n) is 4.50. The minimum Gasteiger partial charge on any atom is -0.399 e. The third-order valence-electron chi connectivity index (χ3n) is 3.34. The fourth-order valence-electron chi connectivity index (χ4n) is 2.14. The van der Waals surface area contributed by atoms with Crippen LogP contribution in [0.5, 0.6) is 0 Å². The van der Waals surface area contributed by atoms with E-state index in [1.807, 2.05) is 18.2 Å². The van der Waals surface area contributed by atoms with Gasteiger partial charge in [-0.15, -0.1) is 0 Å². The van der Waals surface area contributed by atoms with E-state index in [4.69, 9.17) is 11.5 Å². The molecule has 17 heavy (non-hydrogen) atoms. The summed E-state index contributed by atoms with van der Waals surface area (Å²) in [5.41, 5.74) is 15.8. The maximum Gasteiger partial charge on any atom is 0.0406 e. The first-order chi connectivity index (χ1) is 8.22. The number of anilines is 1. The Kier molecular flexibility index (Phi) is 3.47. The second-order valence-corrected chi connectivity index (χ2v) is 4.50. The Morgan fingerprint density at radius 1 is 1.41 bits per heavy atom. The number of hydrogen-bond acceptors (Lipinski definition) is 3. The van der Waals surface area contributed by atoms with Crippen LogP contribution in [0.25, 0.3) is 5.70 Å². The van der Waals surface area contributed by atoms with Gasteiger partial charge in [-0.25, -0.2) is 0 Å². The van der Waals surface area contributed by atoms with Crippen LogP contribution in [-0.2, 0) is 0 Å². The smallest absolute Gasteiger partial charge is 0.0406 e. The molecule has 1 aliphatic rings. The molecule has 1 aromatic rings. The van der Waals surface area contributed by atoms with Gasteiger partial charge in [-0.05, 0) is 42.5 Å². The van der Waals surface area contributed by atoms with Crippen molar-refractivity contribution in [3.05, 3.63) is 35.4 Å². The van der Waals surface area contributed by atoms with E-state index < -0.39 is 0 Å². The maximum absolute atomic E-state index is 6.08. The van der Waals surface area contributed by atoms with Gasteiger partial charge in [0, 0.05) is 30.2 Å². The van der Waals surface area contributed by atoms with E-state index in [2.05, 4.69) is 11.1 Å². The molecule has 0 amide bonds. The standard InChI is InChI=1S/C14H19N3/c1-17-8-7-14(16)13-9-11(15)5-6-12(13)10-3-2-4-10/h5-10H,2-4,15-16H2,1H3/b14-7-,17-8?. The molecule has 0 atom stereocenters. The molecule has 1 fully saturated rings. The molecule has 4 N–H and O–H groups in total. The van der Waals surface area contributed by atoms with E-state index in [9.17, 15) is 0 Å². The van der Waals surface area contributed by atoms with Gasteiger partial charge in [-0.2, -0.15) is 0 Å². The molecule has 3 nitrogen and oxygen atoms in total. The summed E-state index contributed by atoms with van der Waals surface area (Å²) in [6.07, 6.45) is 7.37. The minimum atomic E-state index is 0.649. The van der Waals surface area contributed by atoms with Gasteiger partial charge in [0.2, 0.25) is 0 Å². The molecule has 1 saturated carbocycles. The van der Waals surface area contributed by atoms with Crippen molar-refractivity contribution in [1.82, 2.24) is 0 Å². The molecule has 0 heterocycles. The molecular formula is C14H19N3. The zero-order valence-electron chi connectivity index (χ0n) is 10.2. The summed E-state index contributed by atoms with van der Waals surface area (Å²) in [7, 11) is 1.73. The van der Waals surface area contributed by atoms with Crippen LogP contribution in [0.4, 0.5) is 5.69 Å². The Hall–Kier alpha value is -1.77. The molecule has 1 aliphatic carbocycles. The average Bonchev–Trinajstić information content (AvgIpc) is 2.26. The number of benzene rings is 1. The van der Waals surface area contributed by atoms with Crippen LogP contribution in [0.1, 0.15) is 36.3 Å². The Bertz CT molecular complexity index is 457. The van der Waals surface area contributed by atoms with Gasteiger partial charge in [0.25, 0.3) is 0 Å². The highest BCUT2D eigenvalue weighted by molar-refractivity contribution is 5.84. The van der Waals surface area contributed by atoms with Crippen molar-refractivity contribution < 1.29 is 0 Å². The van der Waals surface area contributed by atoms with Crippen LogP contribution >= 0.6 is 0 Å². The van der Waals surface area contributed by atoms with Gasteiger partial charge in [-0.3, -0.25) is 4.99 Å². The highest BCUT2D eigenvalue weighted by atomic mass is 14.6. The molecule has 0 bridgehead atoms. The third kappa shape index (κ3) is 2.49. The van der Waals surface area contributed by atoms with Crippen LogP contribution < -0.4 is 11.5 Å². The van der Waals surface area contributed by atoms with Crippen LogP contribution in [0.15, 0.2) is 29.3 Å². The van der Waals surface area contributed by atoms with Gasteiger partial charge in [-0.1, -0.05) is 12.5 Å². The van der Waals surface area contributed by atoms with Gasteiger partial charge >= 0.3 is 0 Å². The second kappa shape index (κ2) is 5.04. The first-order valence-corrected chi connectivity index (χ1v) is 6.00. The molecule has 3 heteroatoms. The summed E-state index contributed by atoms with van der Waals surface area (Å²) in [4.78, 5) is 3.92. The van der Waals surface area contributed by atoms with Crippen molar-refractivity contribution in [3.8, 4) is 0 Å². The Balaban J connectivity index is 2.38. The molecule has 0 aromatic heterocycles. The Morgan fingerprint density at radius 3 is 2.76 bits per heavy atom. The summed E-state index contributed by atoms with van der Waals surface area (Å²) in [5.74, 6) is 0.649. The van der Waals surface area contributed by atoms with Crippen molar-refractivity contribution >= 4 is 17.6 Å². The van der Waals surface area contributed by atoms with Crippen molar-refractivity contribution in [1.29, 1.82) is 0 Å². The number of hydrogen-bond donors (Lipinski definition) is 2. The lowest BCUT2D eigenvalue weighted by atomic mass is 9.77. The lowest BCUT2D eigenvalue weighted by Crippen LogP contribution is -2.13. The van der Waals surface area contributed by atoms with Gasteiger partial charge in [0.15, 0.2) is 0 Å². The topological polar surface area (TPSA) is 64.4 Å². The summed E-state index contributed by atoms with van der Waals surface area (Å²) in [6, 6.07) is 6.03. The van der Waals surface area contributed by atoms with E-state index in [1.54, 1.807) is 13.3 Å². The Labute approximate surface area is 102 Å². The fourth-order valence-corrected chi connectivity index (χ4v) is 2.14. The van der Waals surface area contributed by atoms with E-state index in [0.717, 1.165) is 16.9 Å². The minimum absolute atomic E-state index is 0.649. The summed E-state index contributed by atoms with van der Waals surface area (Å²) < 4.78 is 0. The number of nitrogens with two attached hydrogens (primary N) is 2. The number of nitrogen functional groups attached to an aromatic ring is 1. The number of aliphatic imine (C=N–C) groups is 1. The van der Waals surface area contributed by atoms with Crippen LogP contribution in [0, 0.1) is 0 Å². The van der Waals surface area contributed by atoms with E-state index in [1.165, 1.54) is 24.8 Å². The van der Waals surface area contributed by atoms with Gasteiger partial charge in [0.05, 0.1) is 0 Å². The van der Waals surface area contributed by atoms with E-state index in [0.29, 0.717) is 5.92 Å².